The second-order valence-corrected chi connectivity index (χ2v) is 10.6. The van der Waals surface area contributed by atoms with Gasteiger partial charge in [0.25, 0.3) is 11.8 Å². The molecule has 0 unspecified atom stereocenters. The van der Waals surface area contributed by atoms with E-state index in [1.807, 2.05) is 0 Å². The van der Waals surface area contributed by atoms with Crippen molar-refractivity contribution in [2.24, 2.45) is 35.5 Å². The van der Waals surface area contributed by atoms with Crippen LogP contribution in [0.25, 0.3) is 0 Å². The number of aromatic nitrogens is 1. The minimum atomic E-state index is -0.132. The van der Waals surface area contributed by atoms with Crippen molar-refractivity contribution in [3.8, 4) is 0 Å². The van der Waals surface area contributed by atoms with Gasteiger partial charge in [-0.05, 0) is 100 Å². The number of nitrogens with one attached hydrogen (secondary N) is 2. The molecule has 0 aromatic carbocycles. The van der Waals surface area contributed by atoms with E-state index in [9.17, 15) is 9.59 Å². The molecule has 30 heavy (non-hydrogen) atoms. The molecule has 4 aliphatic rings. The summed E-state index contributed by atoms with van der Waals surface area (Å²) in [5.41, 5.74) is 0.922. The predicted octanol–water partition coefficient (Wildman–Crippen LogP) is 4.19. The van der Waals surface area contributed by atoms with E-state index in [1.54, 1.807) is 18.3 Å². The summed E-state index contributed by atoms with van der Waals surface area (Å²) in [6.07, 6.45) is 12.1. The van der Waals surface area contributed by atoms with Gasteiger partial charge < -0.3 is 10.6 Å². The molecular formula is C25H35N3O2. The summed E-state index contributed by atoms with van der Waals surface area (Å²) < 4.78 is 0. The van der Waals surface area contributed by atoms with Gasteiger partial charge in [0.1, 0.15) is 5.69 Å². The molecule has 0 spiro atoms. The Morgan fingerprint density at radius 1 is 0.833 bits per heavy atom. The summed E-state index contributed by atoms with van der Waals surface area (Å²) in [4.78, 5) is 29.6. The van der Waals surface area contributed by atoms with Gasteiger partial charge in [-0.3, -0.25) is 14.6 Å². The number of carbonyl (C=O) groups is 2. The summed E-state index contributed by atoms with van der Waals surface area (Å²) in [5.74, 6) is 4.31. The summed E-state index contributed by atoms with van der Waals surface area (Å²) >= 11 is 0. The van der Waals surface area contributed by atoms with Crippen molar-refractivity contribution in [2.45, 2.75) is 77.3 Å². The summed E-state index contributed by atoms with van der Waals surface area (Å²) in [6.45, 7) is 4.26. The van der Waals surface area contributed by atoms with Crippen LogP contribution in [0.2, 0.25) is 0 Å². The van der Waals surface area contributed by atoms with Crippen molar-refractivity contribution in [1.29, 1.82) is 0 Å². The lowest BCUT2D eigenvalue weighted by Crippen LogP contribution is -2.41. The zero-order chi connectivity index (χ0) is 20.8. The van der Waals surface area contributed by atoms with Crippen LogP contribution in [0.1, 0.15) is 86.1 Å². The third-order valence-electron chi connectivity index (χ3n) is 8.85. The van der Waals surface area contributed by atoms with Gasteiger partial charge in [0.05, 0.1) is 5.56 Å². The maximum absolute atomic E-state index is 12.7. The molecule has 1 heterocycles. The number of amides is 2. The van der Waals surface area contributed by atoms with Crippen LogP contribution in [0.15, 0.2) is 18.3 Å². The van der Waals surface area contributed by atoms with Crippen molar-refractivity contribution in [2.75, 3.05) is 0 Å². The fourth-order valence-electron chi connectivity index (χ4n) is 7.26. The van der Waals surface area contributed by atoms with E-state index in [2.05, 4.69) is 29.5 Å². The van der Waals surface area contributed by atoms with Gasteiger partial charge in [0.2, 0.25) is 0 Å². The van der Waals surface area contributed by atoms with Crippen LogP contribution < -0.4 is 10.6 Å². The van der Waals surface area contributed by atoms with Gasteiger partial charge in [-0.15, -0.1) is 0 Å². The lowest BCUT2D eigenvalue weighted by atomic mass is 9.84. The van der Waals surface area contributed by atoms with Crippen LogP contribution in [-0.2, 0) is 0 Å². The molecule has 4 bridgehead atoms. The molecule has 8 atom stereocenters. The van der Waals surface area contributed by atoms with Crippen molar-refractivity contribution in [1.82, 2.24) is 15.6 Å². The molecule has 5 heteroatoms. The van der Waals surface area contributed by atoms with Crippen LogP contribution in [0.5, 0.6) is 0 Å². The smallest absolute Gasteiger partial charge is 0.270 e. The first-order chi connectivity index (χ1) is 14.5. The number of carbonyl (C=O) groups excluding carboxylic acids is 2. The van der Waals surface area contributed by atoms with Crippen molar-refractivity contribution in [3.05, 3.63) is 29.6 Å². The van der Waals surface area contributed by atoms with Crippen LogP contribution in [0.3, 0.4) is 0 Å². The molecule has 4 aliphatic carbocycles. The van der Waals surface area contributed by atoms with Gasteiger partial charge in [-0.2, -0.15) is 0 Å². The maximum Gasteiger partial charge on any atom is 0.270 e. The van der Waals surface area contributed by atoms with Crippen LogP contribution in [0.4, 0.5) is 0 Å². The minimum Gasteiger partial charge on any atom is -0.349 e. The Hall–Kier alpha value is -1.91. The highest BCUT2D eigenvalue weighted by atomic mass is 16.2. The second-order valence-electron chi connectivity index (χ2n) is 10.6. The standard InChI is InChI=1S/C25H35N3O2/c1-14(21-11-16-3-5-18(21)9-16)27-24(29)20-7-8-23(26-13-20)25(30)28-15(2)22-12-17-4-6-19(22)10-17/h7-8,13-19,21-22H,3-6,9-12H2,1-2H3,(H,27,29)(H,28,30)/t14-,15+,16-,17-,18-,19-,21+,22-/m0/s1. The molecule has 5 nitrogen and oxygen atoms in total. The maximum atomic E-state index is 12.7. The van der Waals surface area contributed by atoms with Crippen molar-refractivity contribution < 1.29 is 9.59 Å². The monoisotopic (exact) mass is 409 g/mol. The fraction of sp³-hybridized carbons (Fsp3) is 0.720. The lowest BCUT2D eigenvalue weighted by Gasteiger charge is -2.28. The first-order valence-corrected chi connectivity index (χ1v) is 12.1. The Balaban J connectivity index is 1.15. The number of pyridine rings is 1. The fourth-order valence-corrected chi connectivity index (χ4v) is 7.26. The highest BCUT2D eigenvalue weighted by molar-refractivity contribution is 5.96. The molecule has 2 amide bonds. The van der Waals surface area contributed by atoms with Crippen molar-refractivity contribution >= 4 is 11.8 Å². The van der Waals surface area contributed by atoms with E-state index in [-0.39, 0.29) is 23.9 Å². The topological polar surface area (TPSA) is 71.1 Å². The average Bonchev–Trinajstić information content (AvgIpc) is 3.55. The first kappa shape index (κ1) is 20.0. The molecule has 162 valence electrons. The normalized spacial score (nSPS) is 35.9. The highest BCUT2D eigenvalue weighted by Gasteiger charge is 2.43. The second kappa shape index (κ2) is 7.97. The van der Waals surface area contributed by atoms with Gasteiger partial charge in [0.15, 0.2) is 0 Å². The van der Waals surface area contributed by atoms with E-state index in [1.165, 1.54) is 51.4 Å². The van der Waals surface area contributed by atoms with E-state index in [0.29, 0.717) is 23.1 Å². The molecule has 2 N–H and O–H groups in total. The van der Waals surface area contributed by atoms with Gasteiger partial charge in [-0.25, -0.2) is 0 Å². The third kappa shape index (κ3) is 3.76. The first-order valence-electron chi connectivity index (χ1n) is 12.1. The van der Waals surface area contributed by atoms with Gasteiger partial charge in [-0.1, -0.05) is 12.8 Å². The molecule has 1 aromatic heterocycles. The molecule has 1 aromatic rings. The lowest BCUT2D eigenvalue weighted by molar-refractivity contribution is 0.0898. The quantitative estimate of drug-likeness (QED) is 0.740. The molecule has 4 saturated carbocycles. The third-order valence-corrected chi connectivity index (χ3v) is 8.85. The number of nitrogens with zero attached hydrogens (tertiary/aromatic N) is 1. The number of rotatable bonds is 6. The van der Waals surface area contributed by atoms with E-state index in [0.717, 1.165) is 23.7 Å². The number of hydrogen-bond donors (Lipinski definition) is 2. The van der Waals surface area contributed by atoms with Crippen molar-refractivity contribution in [3.63, 3.8) is 0 Å². The summed E-state index contributed by atoms with van der Waals surface area (Å²) in [6, 6.07) is 3.78. The van der Waals surface area contributed by atoms with E-state index in [4.69, 9.17) is 0 Å². The summed E-state index contributed by atoms with van der Waals surface area (Å²) in [5, 5.41) is 6.33. The molecule has 0 aliphatic heterocycles. The Labute approximate surface area is 179 Å². The van der Waals surface area contributed by atoms with Crippen LogP contribution >= 0.6 is 0 Å². The highest BCUT2D eigenvalue weighted by Crippen LogP contribution is 2.50. The number of fused-ring (bicyclic) bond motifs is 4. The zero-order valence-corrected chi connectivity index (χ0v) is 18.3. The Morgan fingerprint density at radius 2 is 1.40 bits per heavy atom. The van der Waals surface area contributed by atoms with Crippen LogP contribution in [-0.4, -0.2) is 28.9 Å². The van der Waals surface area contributed by atoms with E-state index >= 15 is 0 Å². The molecular weight excluding hydrogens is 374 g/mol. The van der Waals surface area contributed by atoms with Gasteiger partial charge >= 0.3 is 0 Å². The van der Waals surface area contributed by atoms with Gasteiger partial charge in [0, 0.05) is 18.3 Å². The SMILES string of the molecule is C[C@H](NC(=O)c1ccc(C(=O)N[C@H](C)[C@@H]2C[C@H]3CC[C@H]2C3)nc1)[C@H]1C[C@H]2CC[C@H]1C2. The largest absolute Gasteiger partial charge is 0.349 e. The Bertz CT molecular complexity index is 740. The predicted molar refractivity (Wildman–Crippen MR) is 116 cm³/mol. The number of hydrogen-bond acceptors (Lipinski definition) is 3. The molecule has 0 saturated heterocycles. The Morgan fingerprint density at radius 3 is 1.83 bits per heavy atom. The molecule has 0 radical (unpaired) electrons. The summed E-state index contributed by atoms with van der Waals surface area (Å²) in [7, 11) is 0. The average molecular weight is 410 g/mol. The zero-order valence-electron chi connectivity index (χ0n) is 18.3. The molecule has 5 rings (SSSR count). The molecule has 4 fully saturated rings. The van der Waals surface area contributed by atoms with E-state index < -0.39 is 0 Å². The minimum absolute atomic E-state index is 0.0833. The Kier molecular flexibility index (Phi) is 5.32. The van der Waals surface area contributed by atoms with Crippen LogP contribution in [0, 0.1) is 35.5 Å².